The summed E-state index contributed by atoms with van der Waals surface area (Å²) in [5.74, 6) is 1.03. The minimum Gasteiger partial charge on any atom is -0.496 e. The molecule has 0 fully saturated rings. The largest absolute Gasteiger partial charge is 0.496 e. The van der Waals surface area contributed by atoms with Crippen molar-refractivity contribution in [2.75, 3.05) is 14.2 Å². The molecule has 0 unspecified atom stereocenters. The highest BCUT2D eigenvalue weighted by atomic mass is 16.5. The molecule has 1 aromatic carbocycles. The summed E-state index contributed by atoms with van der Waals surface area (Å²) in [5.41, 5.74) is 5.24. The van der Waals surface area contributed by atoms with E-state index in [1.165, 1.54) is 22.3 Å². The quantitative estimate of drug-likeness (QED) is 0.792. The van der Waals surface area contributed by atoms with Gasteiger partial charge in [-0.15, -0.1) is 0 Å². The number of hydrogen-bond acceptors (Lipinski definition) is 2. The molecule has 0 saturated heterocycles. The van der Waals surface area contributed by atoms with Crippen molar-refractivity contribution in [3.8, 4) is 5.75 Å². The topological polar surface area (TPSA) is 12.5 Å². The number of rotatable bonds is 4. The maximum Gasteiger partial charge on any atom is 0.124 e. The summed E-state index contributed by atoms with van der Waals surface area (Å²) < 4.78 is 5.45. The summed E-state index contributed by atoms with van der Waals surface area (Å²) in [6.45, 7) is 11.9. The highest BCUT2D eigenvalue weighted by Crippen LogP contribution is 2.29. The van der Waals surface area contributed by atoms with E-state index in [1.54, 1.807) is 7.11 Å². The zero-order valence-electron chi connectivity index (χ0n) is 12.2. The number of nitrogens with zero attached hydrogens (tertiary/aromatic N) is 1. The van der Waals surface area contributed by atoms with E-state index in [0.717, 1.165) is 12.3 Å². The van der Waals surface area contributed by atoms with Gasteiger partial charge in [0, 0.05) is 12.6 Å². The van der Waals surface area contributed by atoms with E-state index in [-0.39, 0.29) is 0 Å². The van der Waals surface area contributed by atoms with E-state index >= 15 is 0 Å². The van der Waals surface area contributed by atoms with Crippen LogP contribution in [0, 0.1) is 20.8 Å². The lowest BCUT2D eigenvalue weighted by molar-refractivity contribution is 0.265. The van der Waals surface area contributed by atoms with Crippen LogP contribution >= 0.6 is 0 Å². The van der Waals surface area contributed by atoms with Gasteiger partial charge in [0.15, 0.2) is 0 Å². The van der Waals surface area contributed by atoms with Crippen LogP contribution in [0.3, 0.4) is 0 Å². The van der Waals surface area contributed by atoms with Gasteiger partial charge in [-0.2, -0.15) is 0 Å². The molecule has 0 heterocycles. The van der Waals surface area contributed by atoms with Gasteiger partial charge in [0.25, 0.3) is 0 Å². The minimum atomic E-state index is 0.567. The van der Waals surface area contributed by atoms with Crippen molar-refractivity contribution >= 4 is 0 Å². The molecule has 0 saturated carbocycles. The Labute approximate surface area is 106 Å². The Bertz CT molecular complexity index is 396. The van der Waals surface area contributed by atoms with Crippen LogP contribution in [0.25, 0.3) is 0 Å². The lowest BCUT2D eigenvalue weighted by atomic mass is 9.98. The van der Waals surface area contributed by atoms with Crippen LogP contribution in [-0.4, -0.2) is 25.1 Å². The minimum absolute atomic E-state index is 0.567. The maximum atomic E-state index is 5.45. The molecular weight excluding hydrogens is 210 g/mol. The molecule has 0 radical (unpaired) electrons. The van der Waals surface area contributed by atoms with Crippen molar-refractivity contribution in [2.45, 2.75) is 47.2 Å². The van der Waals surface area contributed by atoms with Crippen LogP contribution < -0.4 is 4.74 Å². The average Bonchev–Trinajstić information content (AvgIpc) is 2.26. The molecular formula is C15H25NO. The summed E-state index contributed by atoms with van der Waals surface area (Å²) in [4.78, 5) is 2.35. The van der Waals surface area contributed by atoms with Gasteiger partial charge < -0.3 is 4.74 Å². The van der Waals surface area contributed by atoms with Gasteiger partial charge in [-0.05, 0) is 63.9 Å². The van der Waals surface area contributed by atoms with E-state index in [2.05, 4.69) is 52.6 Å². The van der Waals surface area contributed by atoms with Gasteiger partial charge in [0.05, 0.1) is 7.11 Å². The summed E-state index contributed by atoms with van der Waals surface area (Å²) in [7, 11) is 3.91. The SMILES string of the molecule is COc1c(C)cc(CN(C)C(C)C)c(C)c1C. The highest BCUT2D eigenvalue weighted by molar-refractivity contribution is 5.48. The molecule has 1 rings (SSSR count). The standard InChI is InChI=1S/C15H25NO/c1-10(2)16(6)9-14-8-11(3)15(17-7)13(5)12(14)4/h8,10H,9H2,1-7H3. The lowest BCUT2D eigenvalue weighted by Gasteiger charge is -2.24. The molecule has 96 valence electrons. The summed E-state index contributed by atoms with van der Waals surface area (Å²) in [6, 6.07) is 2.82. The second-order valence-corrected chi connectivity index (χ2v) is 5.14. The molecule has 17 heavy (non-hydrogen) atoms. The molecule has 0 aliphatic carbocycles. The third kappa shape index (κ3) is 3.01. The van der Waals surface area contributed by atoms with Crippen molar-refractivity contribution in [2.24, 2.45) is 0 Å². The van der Waals surface area contributed by atoms with Gasteiger partial charge in [-0.3, -0.25) is 4.90 Å². The van der Waals surface area contributed by atoms with E-state index in [0.29, 0.717) is 6.04 Å². The van der Waals surface area contributed by atoms with Crippen molar-refractivity contribution in [1.29, 1.82) is 0 Å². The Morgan fingerprint density at radius 3 is 2.24 bits per heavy atom. The molecule has 0 bridgehead atoms. The monoisotopic (exact) mass is 235 g/mol. The van der Waals surface area contributed by atoms with E-state index < -0.39 is 0 Å². The summed E-state index contributed by atoms with van der Waals surface area (Å²) in [5, 5.41) is 0. The predicted octanol–water partition coefficient (Wildman–Crippen LogP) is 3.46. The second-order valence-electron chi connectivity index (χ2n) is 5.14. The molecule has 0 spiro atoms. The smallest absolute Gasteiger partial charge is 0.124 e. The molecule has 0 aliphatic rings. The second kappa shape index (κ2) is 5.54. The summed E-state index contributed by atoms with van der Waals surface area (Å²) >= 11 is 0. The molecule has 0 atom stereocenters. The predicted molar refractivity (Wildman–Crippen MR) is 73.8 cm³/mol. The lowest BCUT2D eigenvalue weighted by Crippen LogP contribution is -2.26. The van der Waals surface area contributed by atoms with E-state index in [4.69, 9.17) is 4.74 Å². The third-order valence-electron chi connectivity index (χ3n) is 3.64. The Balaban J connectivity index is 3.10. The Morgan fingerprint density at radius 1 is 1.18 bits per heavy atom. The molecule has 0 amide bonds. The van der Waals surface area contributed by atoms with E-state index in [1.807, 2.05) is 0 Å². The van der Waals surface area contributed by atoms with Gasteiger partial charge in [0.1, 0.15) is 5.75 Å². The van der Waals surface area contributed by atoms with Crippen LogP contribution in [0.15, 0.2) is 6.07 Å². The number of hydrogen-bond donors (Lipinski definition) is 0. The number of aryl methyl sites for hydroxylation is 1. The molecule has 2 nitrogen and oxygen atoms in total. The van der Waals surface area contributed by atoms with Gasteiger partial charge in [0.2, 0.25) is 0 Å². The fourth-order valence-electron chi connectivity index (χ4n) is 2.07. The summed E-state index contributed by atoms with van der Waals surface area (Å²) in [6.07, 6.45) is 0. The number of methoxy groups -OCH3 is 1. The van der Waals surface area contributed by atoms with Crippen molar-refractivity contribution in [1.82, 2.24) is 4.90 Å². The first-order valence-electron chi connectivity index (χ1n) is 6.22. The van der Waals surface area contributed by atoms with Crippen LogP contribution in [0.4, 0.5) is 0 Å². The fraction of sp³-hybridized carbons (Fsp3) is 0.600. The first-order valence-corrected chi connectivity index (χ1v) is 6.22. The molecule has 2 heteroatoms. The zero-order valence-corrected chi connectivity index (χ0v) is 12.2. The van der Waals surface area contributed by atoms with Gasteiger partial charge in [-0.25, -0.2) is 0 Å². The van der Waals surface area contributed by atoms with Crippen molar-refractivity contribution in [3.63, 3.8) is 0 Å². The first-order chi connectivity index (χ1) is 7.88. The van der Waals surface area contributed by atoms with Gasteiger partial charge >= 0.3 is 0 Å². The highest BCUT2D eigenvalue weighted by Gasteiger charge is 2.12. The van der Waals surface area contributed by atoms with Crippen LogP contribution in [0.1, 0.15) is 36.1 Å². The molecule has 0 aliphatic heterocycles. The average molecular weight is 235 g/mol. The molecule has 0 aromatic heterocycles. The van der Waals surface area contributed by atoms with Crippen molar-refractivity contribution < 1.29 is 4.74 Å². The zero-order chi connectivity index (χ0) is 13.2. The molecule has 1 aromatic rings. The number of ether oxygens (including phenoxy) is 1. The first kappa shape index (κ1) is 14.0. The fourth-order valence-corrected chi connectivity index (χ4v) is 2.07. The maximum absolute atomic E-state index is 5.45. The van der Waals surface area contributed by atoms with Gasteiger partial charge in [-0.1, -0.05) is 6.07 Å². The Kier molecular flexibility index (Phi) is 4.58. The van der Waals surface area contributed by atoms with Crippen LogP contribution in [-0.2, 0) is 6.54 Å². The Morgan fingerprint density at radius 2 is 1.76 bits per heavy atom. The Hall–Kier alpha value is -1.02. The van der Waals surface area contributed by atoms with Crippen LogP contribution in [0.2, 0.25) is 0 Å². The normalized spacial score (nSPS) is 11.4. The van der Waals surface area contributed by atoms with Crippen molar-refractivity contribution in [3.05, 3.63) is 28.3 Å². The third-order valence-corrected chi connectivity index (χ3v) is 3.64. The van der Waals surface area contributed by atoms with Crippen LogP contribution in [0.5, 0.6) is 5.75 Å². The van der Waals surface area contributed by atoms with E-state index in [9.17, 15) is 0 Å². The molecule has 0 N–H and O–H groups in total. The number of benzene rings is 1.